The molecule has 0 unspecified atom stereocenters. The van der Waals surface area contributed by atoms with Crippen LogP contribution in [0.15, 0.2) is 0 Å². The standard InChI is InChI=1S/C10H18N2O2/c1-5(2)7-9(13)12-8(6(3)4)10(14)11-7/h5-8H,1-4H3,(H,11,14)(H,12,13)/t7-,8-/m1/s1. The molecule has 0 aromatic heterocycles. The summed E-state index contributed by atoms with van der Waals surface area (Å²) in [5.41, 5.74) is 0. The van der Waals surface area contributed by atoms with Crippen LogP contribution in [0.25, 0.3) is 0 Å². The van der Waals surface area contributed by atoms with Gasteiger partial charge in [-0.2, -0.15) is 0 Å². The third-order valence-corrected chi connectivity index (χ3v) is 2.49. The lowest BCUT2D eigenvalue weighted by Gasteiger charge is -2.33. The molecule has 1 saturated heterocycles. The molecular weight excluding hydrogens is 180 g/mol. The number of amides is 2. The lowest BCUT2D eigenvalue weighted by Crippen LogP contribution is -2.64. The van der Waals surface area contributed by atoms with E-state index in [1.165, 1.54) is 0 Å². The second kappa shape index (κ2) is 3.98. The normalized spacial score (nSPS) is 27.9. The molecule has 14 heavy (non-hydrogen) atoms. The molecule has 0 spiro atoms. The van der Waals surface area contributed by atoms with Crippen LogP contribution < -0.4 is 10.6 Å². The van der Waals surface area contributed by atoms with Crippen molar-refractivity contribution in [1.82, 2.24) is 10.6 Å². The van der Waals surface area contributed by atoms with Crippen LogP contribution in [-0.4, -0.2) is 23.9 Å². The second-order valence-corrected chi connectivity index (χ2v) is 4.46. The van der Waals surface area contributed by atoms with Gasteiger partial charge in [-0.1, -0.05) is 27.7 Å². The number of carbonyl (C=O) groups is 2. The topological polar surface area (TPSA) is 58.2 Å². The van der Waals surface area contributed by atoms with Crippen molar-refractivity contribution in [3.8, 4) is 0 Å². The van der Waals surface area contributed by atoms with Crippen LogP contribution in [0.1, 0.15) is 27.7 Å². The maximum absolute atomic E-state index is 11.6. The molecule has 1 fully saturated rings. The molecule has 2 amide bonds. The summed E-state index contributed by atoms with van der Waals surface area (Å²) in [6.45, 7) is 7.67. The highest BCUT2D eigenvalue weighted by atomic mass is 16.2. The van der Waals surface area contributed by atoms with Crippen molar-refractivity contribution in [2.24, 2.45) is 11.8 Å². The van der Waals surface area contributed by atoms with Crippen molar-refractivity contribution < 1.29 is 9.59 Å². The van der Waals surface area contributed by atoms with E-state index in [4.69, 9.17) is 0 Å². The van der Waals surface area contributed by atoms with Gasteiger partial charge in [-0.05, 0) is 11.8 Å². The molecule has 0 saturated carbocycles. The van der Waals surface area contributed by atoms with E-state index < -0.39 is 0 Å². The monoisotopic (exact) mass is 198 g/mol. The van der Waals surface area contributed by atoms with E-state index >= 15 is 0 Å². The summed E-state index contributed by atoms with van der Waals surface area (Å²) in [7, 11) is 0. The SMILES string of the molecule is CC(C)[C@H]1NC(=O)[C@@H](C(C)C)NC1=O. The molecule has 1 heterocycles. The quantitative estimate of drug-likeness (QED) is 0.669. The predicted octanol–water partition coefficient (Wildman–Crippen LogP) is 0.282. The van der Waals surface area contributed by atoms with Gasteiger partial charge in [-0.25, -0.2) is 0 Å². The Balaban J connectivity index is 2.72. The zero-order chi connectivity index (χ0) is 10.9. The summed E-state index contributed by atoms with van der Waals surface area (Å²) < 4.78 is 0. The van der Waals surface area contributed by atoms with Crippen molar-refractivity contribution in [2.75, 3.05) is 0 Å². The zero-order valence-corrected chi connectivity index (χ0v) is 9.13. The van der Waals surface area contributed by atoms with E-state index in [1.54, 1.807) is 0 Å². The van der Waals surface area contributed by atoms with Crippen molar-refractivity contribution in [3.05, 3.63) is 0 Å². The van der Waals surface area contributed by atoms with Crippen LogP contribution in [0.3, 0.4) is 0 Å². The average molecular weight is 198 g/mol. The molecule has 0 bridgehead atoms. The molecule has 0 aliphatic carbocycles. The average Bonchev–Trinajstić information content (AvgIpc) is 2.07. The number of nitrogens with one attached hydrogen (secondary N) is 2. The van der Waals surface area contributed by atoms with Crippen LogP contribution in [-0.2, 0) is 9.59 Å². The van der Waals surface area contributed by atoms with Crippen LogP contribution in [0.4, 0.5) is 0 Å². The molecule has 0 radical (unpaired) electrons. The highest BCUT2D eigenvalue weighted by Gasteiger charge is 2.36. The summed E-state index contributed by atoms with van der Waals surface area (Å²) in [6, 6.07) is -0.755. The van der Waals surface area contributed by atoms with Gasteiger partial charge in [0.2, 0.25) is 11.8 Å². The van der Waals surface area contributed by atoms with Crippen LogP contribution >= 0.6 is 0 Å². The Morgan fingerprint density at radius 1 is 0.857 bits per heavy atom. The lowest BCUT2D eigenvalue weighted by atomic mass is 9.95. The van der Waals surface area contributed by atoms with Crippen LogP contribution in [0, 0.1) is 11.8 Å². The third-order valence-electron chi connectivity index (χ3n) is 2.49. The summed E-state index contributed by atoms with van der Waals surface area (Å²) in [5, 5.41) is 5.49. The van der Waals surface area contributed by atoms with Crippen molar-refractivity contribution in [3.63, 3.8) is 0 Å². The van der Waals surface area contributed by atoms with E-state index in [0.29, 0.717) is 0 Å². The van der Waals surface area contributed by atoms with Crippen LogP contribution in [0.5, 0.6) is 0 Å². The molecular formula is C10H18N2O2. The van der Waals surface area contributed by atoms with E-state index in [2.05, 4.69) is 10.6 Å². The Bertz CT molecular complexity index is 223. The van der Waals surface area contributed by atoms with Gasteiger partial charge >= 0.3 is 0 Å². The second-order valence-electron chi connectivity index (χ2n) is 4.46. The number of hydrogen-bond donors (Lipinski definition) is 2. The molecule has 0 aromatic carbocycles. The maximum Gasteiger partial charge on any atom is 0.243 e. The molecule has 1 aliphatic rings. The molecule has 4 heteroatoms. The Hall–Kier alpha value is -1.06. The minimum Gasteiger partial charge on any atom is -0.342 e. The zero-order valence-electron chi connectivity index (χ0n) is 9.13. The van der Waals surface area contributed by atoms with Crippen molar-refractivity contribution in [2.45, 2.75) is 39.8 Å². The molecule has 2 N–H and O–H groups in total. The van der Waals surface area contributed by atoms with Gasteiger partial charge < -0.3 is 10.6 Å². The van der Waals surface area contributed by atoms with Gasteiger partial charge in [0.25, 0.3) is 0 Å². The number of rotatable bonds is 2. The Morgan fingerprint density at radius 3 is 1.36 bits per heavy atom. The molecule has 1 aliphatic heterocycles. The largest absolute Gasteiger partial charge is 0.342 e. The van der Waals surface area contributed by atoms with Crippen molar-refractivity contribution in [1.29, 1.82) is 0 Å². The van der Waals surface area contributed by atoms with E-state index in [9.17, 15) is 9.59 Å². The lowest BCUT2D eigenvalue weighted by molar-refractivity contribution is -0.138. The van der Waals surface area contributed by atoms with Gasteiger partial charge in [-0.3, -0.25) is 9.59 Å². The Kier molecular flexibility index (Phi) is 3.13. The smallest absolute Gasteiger partial charge is 0.243 e. The van der Waals surface area contributed by atoms with Gasteiger partial charge in [0.05, 0.1) is 0 Å². The summed E-state index contributed by atoms with van der Waals surface area (Å²) in [6.07, 6.45) is 0. The van der Waals surface area contributed by atoms with E-state index in [-0.39, 0.29) is 35.7 Å². The van der Waals surface area contributed by atoms with Gasteiger partial charge in [-0.15, -0.1) is 0 Å². The first-order valence-corrected chi connectivity index (χ1v) is 5.04. The predicted molar refractivity (Wildman–Crippen MR) is 53.5 cm³/mol. The molecule has 1 rings (SSSR count). The molecule has 0 aromatic rings. The molecule has 80 valence electrons. The molecule has 2 atom stereocenters. The summed E-state index contributed by atoms with van der Waals surface area (Å²) >= 11 is 0. The summed E-state index contributed by atoms with van der Waals surface area (Å²) in [5.74, 6) is 0.121. The number of hydrogen-bond acceptors (Lipinski definition) is 2. The fourth-order valence-electron chi connectivity index (χ4n) is 1.56. The first-order valence-electron chi connectivity index (χ1n) is 5.04. The minimum absolute atomic E-state index is 0.0710. The highest BCUT2D eigenvalue weighted by Crippen LogP contribution is 2.11. The highest BCUT2D eigenvalue weighted by molar-refractivity contribution is 5.97. The first kappa shape index (κ1) is 11.0. The minimum atomic E-state index is -0.377. The summed E-state index contributed by atoms with van der Waals surface area (Å²) in [4.78, 5) is 23.1. The van der Waals surface area contributed by atoms with Crippen LogP contribution in [0.2, 0.25) is 0 Å². The fraction of sp³-hybridized carbons (Fsp3) is 0.800. The van der Waals surface area contributed by atoms with Crippen molar-refractivity contribution >= 4 is 11.8 Å². The molecule has 4 nitrogen and oxygen atoms in total. The first-order chi connectivity index (χ1) is 6.43. The Labute approximate surface area is 84.4 Å². The van der Waals surface area contributed by atoms with Gasteiger partial charge in [0.15, 0.2) is 0 Å². The third kappa shape index (κ3) is 2.05. The van der Waals surface area contributed by atoms with E-state index in [1.807, 2.05) is 27.7 Å². The number of piperazine rings is 1. The number of carbonyl (C=O) groups excluding carboxylic acids is 2. The van der Waals surface area contributed by atoms with Gasteiger partial charge in [0.1, 0.15) is 12.1 Å². The Morgan fingerprint density at radius 2 is 1.14 bits per heavy atom. The van der Waals surface area contributed by atoms with Gasteiger partial charge in [0, 0.05) is 0 Å². The maximum atomic E-state index is 11.6. The van der Waals surface area contributed by atoms with E-state index in [0.717, 1.165) is 0 Å². The fourth-order valence-corrected chi connectivity index (χ4v) is 1.56.